The maximum absolute atomic E-state index is 13.1. The van der Waals surface area contributed by atoms with Crippen LogP contribution in [0.3, 0.4) is 0 Å². The van der Waals surface area contributed by atoms with Crippen LogP contribution in [0.4, 0.5) is 15.9 Å². The van der Waals surface area contributed by atoms with E-state index in [9.17, 15) is 14.3 Å². The first-order chi connectivity index (χ1) is 12.6. The Morgan fingerprint density at radius 3 is 2.15 bits per heavy atom. The number of fused-ring (bicyclic) bond motifs is 1. The summed E-state index contributed by atoms with van der Waals surface area (Å²) in [5, 5.41) is 18.8. The molecule has 1 fully saturated rings. The zero-order valence-electron chi connectivity index (χ0n) is 14.0. The fourth-order valence-corrected chi connectivity index (χ4v) is 3.31. The molecule has 0 unspecified atom stereocenters. The molecular formula is C19H17FN4O2. The number of carboxylic acid groups (broad SMARTS) is 1. The van der Waals surface area contributed by atoms with Gasteiger partial charge in [-0.1, -0.05) is 24.3 Å². The highest BCUT2D eigenvalue weighted by Gasteiger charge is 2.22. The second-order valence-electron chi connectivity index (χ2n) is 6.17. The molecule has 0 spiro atoms. The van der Waals surface area contributed by atoms with E-state index in [1.807, 2.05) is 12.1 Å². The number of aromatic nitrogens is 2. The van der Waals surface area contributed by atoms with Crippen LogP contribution in [-0.2, 0) is 0 Å². The molecule has 1 N–H and O–H groups in total. The third-order valence-electron chi connectivity index (χ3n) is 4.64. The zero-order chi connectivity index (χ0) is 18.1. The maximum Gasteiger partial charge on any atom is 0.357 e. The molecule has 7 heteroatoms. The number of carbonyl (C=O) groups is 1. The van der Waals surface area contributed by atoms with Crippen molar-refractivity contribution in [3.63, 3.8) is 0 Å². The van der Waals surface area contributed by atoms with Crippen LogP contribution in [0.25, 0.3) is 10.8 Å². The van der Waals surface area contributed by atoms with Crippen molar-refractivity contribution < 1.29 is 14.3 Å². The predicted molar refractivity (Wildman–Crippen MR) is 97.3 cm³/mol. The maximum atomic E-state index is 13.1. The highest BCUT2D eigenvalue weighted by molar-refractivity contribution is 6.04. The van der Waals surface area contributed by atoms with Gasteiger partial charge in [0.1, 0.15) is 5.82 Å². The molecule has 0 saturated carbocycles. The highest BCUT2D eigenvalue weighted by atomic mass is 19.1. The average Bonchev–Trinajstić information content (AvgIpc) is 2.68. The van der Waals surface area contributed by atoms with Crippen LogP contribution in [-0.4, -0.2) is 47.5 Å². The molecule has 0 bridgehead atoms. The van der Waals surface area contributed by atoms with Crippen LogP contribution < -0.4 is 9.80 Å². The predicted octanol–water partition coefficient (Wildman–Crippen LogP) is 2.79. The summed E-state index contributed by atoms with van der Waals surface area (Å²) in [5.41, 5.74) is 0.956. The molecule has 4 rings (SSSR count). The summed E-state index contributed by atoms with van der Waals surface area (Å²) in [6.07, 6.45) is 0. The molecule has 0 amide bonds. The number of aromatic carboxylic acids is 1. The molecule has 0 aliphatic carbocycles. The van der Waals surface area contributed by atoms with Crippen molar-refractivity contribution in [1.29, 1.82) is 0 Å². The van der Waals surface area contributed by atoms with E-state index in [0.717, 1.165) is 37.3 Å². The average molecular weight is 352 g/mol. The van der Waals surface area contributed by atoms with E-state index in [-0.39, 0.29) is 11.5 Å². The largest absolute Gasteiger partial charge is 0.476 e. The highest BCUT2D eigenvalue weighted by Crippen LogP contribution is 2.27. The summed E-state index contributed by atoms with van der Waals surface area (Å²) < 4.78 is 13.1. The van der Waals surface area contributed by atoms with Gasteiger partial charge in [-0.25, -0.2) is 9.18 Å². The van der Waals surface area contributed by atoms with Crippen LogP contribution >= 0.6 is 0 Å². The smallest absolute Gasteiger partial charge is 0.357 e. The van der Waals surface area contributed by atoms with Crippen molar-refractivity contribution in [2.75, 3.05) is 36.0 Å². The number of piperazine rings is 1. The minimum Gasteiger partial charge on any atom is -0.476 e. The van der Waals surface area contributed by atoms with Crippen LogP contribution in [0, 0.1) is 5.82 Å². The second kappa shape index (κ2) is 6.59. The Hall–Kier alpha value is -3.22. The topological polar surface area (TPSA) is 69.6 Å². The van der Waals surface area contributed by atoms with Crippen molar-refractivity contribution in [1.82, 2.24) is 10.2 Å². The SMILES string of the molecule is O=C(O)c1nnc(N2CCN(c3ccc(F)cc3)CC2)c2ccccc12. The van der Waals surface area contributed by atoms with Gasteiger partial charge in [0.15, 0.2) is 11.5 Å². The van der Waals surface area contributed by atoms with E-state index in [0.29, 0.717) is 11.2 Å². The van der Waals surface area contributed by atoms with Crippen molar-refractivity contribution in [3.8, 4) is 0 Å². The number of hydrogen-bond donors (Lipinski definition) is 1. The molecule has 0 atom stereocenters. The minimum absolute atomic E-state index is 0.0331. The van der Waals surface area contributed by atoms with E-state index in [1.165, 1.54) is 12.1 Å². The van der Waals surface area contributed by atoms with Crippen LogP contribution in [0.5, 0.6) is 0 Å². The van der Waals surface area contributed by atoms with Gasteiger partial charge in [-0.15, -0.1) is 10.2 Å². The molecule has 26 heavy (non-hydrogen) atoms. The Morgan fingerprint density at radius 1 is 0.885 bits per heavy atom. The Balaban J connectivity index is 1.59. The third-order valence-corrected chi connectivity index (χ3v) is 4.64. The monoisotopic (exact) mass is 352 g/mol. The fourth-order valence-electron chi connectivity index (χ4n) is 3.31. The molecule has 1 aliphatic heterocycles. The normalized spacial score (nSPS) is 14.7. The van der Waals surface area contributed by atoms with Crippen LogP contribution in [0.2, 0.25) is 0 Å². The van der Waals surface area contributed by atoms with E-state index < -0.39 is 5.97 Å². The number of rotatable bonds is 3. The number of benzene rings is 2. The van der Waals surface area contributed by atoms with Gasteiger partial charge in [0.05, 0.1) is 0 Å². The van der Waals surface area contributed by atoms with Crippen molar-refractivity contribution in [2.45, 2.75) is 0 Å². The number of anilines is 2. The summed E-state index contributed by atoms with van der Waals surface area (Å²) in [5.74, 6) is -0.626. The first kappa shape index (κ1) is 16.3. The van der Waals surface area contributed by atoms with E-state index in [1.54, 1.807) is 24.3 Å². The van der Waals surface area contributed by atoms with Crippen LogP contribution in [0.1, 0.15) is 10.5 Å². The van der Waals surface area contributed by atoms with Gasteiger partial charge in [-0.3, -0.25) is 0 Å². The van der Waals surface area contributed by atoms with Gasteiger partial charge < -0.3 is 14.9 Å². The lowest BCUT2D eigenvalue weighted by molar-refractivity contribution is 0.0691. The summed E-state index contributed by atoms with van der Waals surface area (Å²) in [6, 6.07) is 13.8. The molecule has 2 heterocycles. The molecule has 1 saturated heterocycles. The van der Waals surface area contributed by atoms with Gasteiger partial charge in [0, 0.05) is 42.6 Å². The summed E-state index contributed by atoms with van der Waals surface area (Å²) in [7, 11) is 0. The Labute approximate surface area is 149 Å². The van der Waals surface area contributed by atoms with Gasteiger partial charge in [-0.05, 0) is 24.3 Å². The van der Waals surface area contributed by atoms with Gasteiger partial charge in [0.2, 0.25) is 0 Å². The molecule has 132 valence electrons. The van der Waals surface area contributed by atoms with E-state index in [2.05, 4.69) is 20.0 Å². The summed E-state index contributed by atoms with van der Waals surface area (Å²) in [6.45, 7) is 2.98. The number of carboxylic acids is 1. The lowest BCUT2D eigenvalue weighted by Gasteiger charge is -2.37. The van der Waals surface area contributed by atoms with Crippen LogP contribution in [0.15, 0.2) is 48.5 Å². The quantitative estimate of drug-likeness (QED) is 0.782. The summed E-state index contributed by atoms with van der Waals surface area (Å²) in [4.78, 5) is 15.7. The molecule has 2 aromatic carbocycles. The first-order valence-corrected chi connectivity index (χ1v) is 8.37. The van der Waals surface area contributed by atoms with Gasteiger partial charge >= 0.3 is 5.97 Å². The molecule has 1 aromatic heterocycles. The second-order valence-corrected chi connectivity index (χ2v) is 6.17. The zero-order valence-corrected chi connectivity index (χ0v) is 14.0. The number of nitrogens with zero attached hydrogens (tertiary/aromatic N) is 4. The molecular weight excluding hydrogens is 335 g/mol. The Bertz CT molecular complexity index is 953. The number of halogens is 1. The molecule has 0 radical (unpaired) electrons. The standard InChI is InChI=1S/C19H17FN4O2/c20-13-5-7-14(8-6-13)23-9-11-24(12-10-23)18-16-4-2-1-3-15(16)17(19(25)26)21-22-18/h1-8H,9-12H2,(H,25,26). The molecule has 6 nitrogen and oxygen atoms in total. The lowest BCUT2D eigenvalue weighted by atomic mass is 10.1. The van der Waals surface area contributed by atoms with E-state index >= 15 is 0 Å². The fraction of sp³-hybridized carbons (Fsp3) is 0.211. The molecule has 3 aromatic rings. The number of hydrogen-bond acceptors (Lipinski definition) is 5. The minimum atomic E-state index is -1.08. The van der Waals surface area contributed by atoms with Gasteiger partial charge in [0.25, 0.3) is 0 Å². The van der Waals surface area contributed by atoms with Gasteiger partial charge in [-0.2, -0.15) is 0 Å². The van der Waals surface area contributed by atoms with E-state index in [4.69, 9.17) is 0 Å². The Kier molecular flexibility index (Phi) is 4.12. The third kappa shape index (κ3) is 2.92. The van der Waals surface area contributed by atoms with Crippen molar-refractivity contribution in [3.05, 3.63) is 60.0 Å². The summed E-state index contributed by atoms with van der Waals surface area (Å²) >= 11 is 0. The first-order valence-electron chi connectivity index (χ1n) is 8.37. The lowest BCUT2D eigenvalue weighted by Crippen LogP contribution is -2.47. The van der Waals surface area contributed by atoms with Crippen molar-refractivity contribution >= 4 is 28.2 Å². The van der Waals surface area contributed by atoms with Crippen molar-refractivity contribution in [2.24, 2.45) is 0 Å². The Morgan fingerprint density at radius 2 is 1.50 bits per heavy atom. The molecule has 1 aliphatic rings.